The lowest BCUT2D eigenvalue weighted by Gasteiger charge is -2.24. The lowest BCUT2D eigenvalue weighted by molar-refractivity contribution is -0.144. The van der Waals surface area contributed by atoms with Gasteiger partial charge in [-0.3, -0.25) is 9.80 Å². The maximum atomic E-state index is 13.6. The molecule has 10 rings (SSSR count). The Hall–Kier alpha value is -7.82. The third-order valence-corrected chi connectivity index (χ3v) is 17.5. The van der Waals surface area contributed by atoms with Crippen molar-refractivity contribution < 1.29 is 111 Å². The molecule has 0 bridgehead atoms. The Morgan fingerprint density at radius 2 is 0.835 bits per heavy atom. The highest BCUT2D eigenvalue weighted by atomic mass is 32.2. The van der Waals surface area contributed by atoms with Crippen molar-refractivity contribution in [2.75, 3.05) is 0 Å². The third-order valence-electron chi connectivity index (χ3n) is 14.1. The molecule has 450 valence electrons. The van der Waals surface area contributed by atoms with E-state index in [2.05, 4.69) is 0 Å². The van der Waals surface area contributed by atoms with Crippen molar-refractivity contribution in [1.29, 1.82) is 0 Å². The second-order valence-corrected chi connectivity index (χ2v) is 22.9. The Bertz CT molecular complexity index is 3820. The summed E-state index contributed by atoms with van der Waals surface area (Å²) in [5.41, 5.74) is -9.54. The van der Waals surface area contributed by atoms with Gasteiger partial charge in [0.1, 0.15) is 12.2 Å². The van der Waals surface area contributed by atoms with E-state index < -0.39 is 152 Å². The molecule has 2 amide bonds. The van der Waals surface area contributed by atoms with Crippen LogP contribution in [0.15, 0.2) is 131 Å². The summed E-state index contributed by atoms with van der Waals surface area (Å²) in [6.45, 7) is 1.26. The van der Waals surface area contributed by atoms with Crippen LogP contribution in [0, 0.1) is 0 Å². The standard InChI is InChI=1S/C28H18F9NO4S.C28H18F9NO3S/c1-14-24(16-8-19(27(32,33)34)12-20(9-16)28(35,36)37)42-25(39)38(14)13-17-10-18(26(29,30)31)6-7-21(17)23-11-15-4-2-3-5-22(15)43(23,40)41;1-14-24(16-8-19(27(32,33)34)12-20(9-16)28(35,36)37)41-25(39)38(14)13-17-10-18(26(29,30)31)6-7-21(17)23-11-15-4-2-3-5-22(15)42(23)40/h2-12,14,24H,13H2,1H3;2-12,14,24H,13H2,1H3/t14-,24-;14-,24-,42?/m00/s1. The van der Waals surface area contributed by atoms with Crippen LogP contribution in [0.5, 0.6) is 0 Å². The molecule has 2 fully saturated rings. The van der Waals surface area contributed by atoms with E-state index in [1.165, 1.54) is 44.2 Å². The monoisotopic (exact) mass is 1250 g/mol. The van der Waals surface area contributed by atoms with Crippen molar-refractivity contribution in [3.05, 3.63) is 199 Å². The van der Waals surface area contributed by atoms with E-state index in [-0.39, 0.29) is 54.7 Å². The van der Waals surface area contributed by atoms with Gasteiger partial charge in [-0.25, -0.2) is 22.2 Å². The first-order chi connectivity index (χ1) is 39.2. The van der Waals surface area contributed by atoms with Gasteiger partial charge in [-0.05, 0) is 143 Å². The molecule has 0 radical (unpaired) electrons. The van der Waals surface area contributed by atoms with E-state index in [9.17, 15) is 101 Å². The first kappa shape index (κ1) is 61.7. The van der Waals surface area contributed by atoms with Crippen LogP contribution in [0.3, 0.4) is 0 Å². The molecule has 0 N–H and O–H groups in total. The minimum absolute atomic E-state index is 0.0644. The Morgan fingerprint density at radius 1 is 0.459 bits per heavy atom. The number of alkyl halides is 18. The Balaban J connectivity index is 0.000000204. The highest BCUT2D eigenvalue weighted by Crippen LogP contribution is 2.47. The van der Waals surface area contributed by atoms with Crippen LogP contribution in [0.1, 0.15) is 104 Å². The molecule has 0 aromatic heterocycles. The topological polar surface area (TPSA) is 110 Å². The summed E-state index contributed by atoms with van der Waals surface area (Å²) in [5, 5.41) is 0. The maximum Gasteiger partial charge on any atom is 0.416 e. The SMILES string of the molecule is C[C@H]1[C@@H](c2cc(C(F)(F)F)cc(C(F)(F)F)c2)OC(=O)N1Cc1cc(C(F)(F)F)ccc1C1=Cc2ccccc2S1(=O)=O.C[C@H]1[C@@H](c2cc(C(F)(F)F)cc(C(F)(F)F)c2)OC(=O)N1Cc1cc(C(F)(F)F)ccc1C1=Cc2ccccc2S1=O. The number of sulfone groups is 1. The molecule has 6 aromatic rings. The summed E-state index contributed by atoms with van der Waals surface area (Å²) in [4.78, 5) is 27.6. The quantitative estimate of drug-likeness (QED) is 0.140. The van der Waals surface area contributed by atoms with Gasteiger partial charge in [0.2, 0.25) is 9.84 Å². The smallest absolute Gasteiger partial charge is 0.416 e. The first-order valence-electron chi connectivity index (χ1n) is 24.5. The molecule has 29 heteroatoms. The van der Waals surface area contributed by atoms with Gasteiger partial charge in [0, 0.05) is 0 Å². The molecule has 4 heterocycles. The average Bonchev–Trinajstić information content (AvgIpc) is 2.84. The molecule has 6 aromatic carbocycles. The second-order valence-electron chi connectivity index (χ2n) is 19.6. The second kappa shape index (κ2) is 21.6. The van der Waals surface area contributed by atoms with Crippen LogP contribution in [0.2, 0.25) is 0 Å². The Labute approximate surface area is 471 Å². The van der Waals surface area contributed by atoms with E-state index in [4.69, 9.17) is 9.47 Å². The number of halogens is 18. The van der Waals surface area contributed by atoms with E-state index >= 15 is 0 Å². The van der Waals surface area contributed by atoms with E-state index in [0.29, 0.717) is 46.9 Å². The number of nitrogens with zero attached hydrogens (tertiary/aromatic N) is 2. The van der Waals surface area contributed by atoms with Gasteiger partial charge < -0.3 is 9.47 Å². The fraction of sp³-hybridized carbons (Fsp3) is 0.250. The van der Waals surface area contributed by atoms with Gasteiger partial charge in [-0.2, -0.15) is 79.0 Å². The summed E-state index contributed by atoms with van der Waals surface area (Å²) in [5.74, 6) is 0. The number of fused-ring (bicyclic) bond motifs is 2. The lowest BCUT2D eigenvalue weighted by atomic mass is 9.96. The van der Waals surface area contributed by atoms with Crippen LogP contribution in [-0.2, 0) is 80.3 Å². The average molecular weight is 1260 g/mol. The summed E-state index contributed by atoms with van der Waals surface area (Å²) >= 11 is 0. The fourth-order valence-corrected chi connectivity index (χ4v) is 13.0. The molecular formula is C56H36F18N2O7S2. The number of rotatable bonds is 8. The largest absolute Gasteiger partial charge is 0.439 e. The highest BCUT2D eigenvalue weighted by Gasteiger charge is 2.47. The number of benzene rings is 6. The molecule has 85 heavy (non-hydrogen) atoms. The van der Waals surface area contributed by atoms with Gasteiger partial charge in [0.25, 0.3) is 0 Å². The van der Waals surface area contributed by atoms with Crippen molar-refractivity contribution in [2.45, 2.75) is 98.1 Å². The maximum absolute atomic E-state index is 13.6. The van der Waals surface area contributed by atoms with Gasteiger partial charge in [0.15, 0.2) is 0 Å². The van der Waals surface area contributed by atoms with Gasteiger partial charge in [-0.1, -0.05) is 48.5 Å². The van der Waals surface area contributed by atoms with E-state index in [1.807, 2.05) is 0 Å². The fourth-order valence-electron chi connectivity index (χ4n) is 9.92. The zero-order chi connectivity index (χ0) is 62.5. The van der Waals surface area contributed by atoms with Crippen LogP contribution < -0.4 is 0 Å². The lowest BCUT2D eigenvalue weighted by Crippen LogP contribution is -2.32. The van der Waals surface area contributed by atoms with Crippen LogP contribution in [0.25, 0.3) is 22.0 Å². The predicted octanol–water partition coefficient (Wildman–Crippen LogP) is 16.6. The normalized spacial score (nSPS) is 20.5. The van der Waals surface area contributed by atoms with Gasteiger partial charge in [0.05, 0.1) is 89.0 Å². The van der Waals surface area contributed by atoms with Crippen molar-refractivity contribution in [3.8, 4) is 0 Å². The molecule has 0 aliphatic carbocycles. The number of hydrogen-bond acceptors (Lipinski definition) is 7. The summed E-state index contributed by atoms with van der Waals surface area (Å²) in [6.07, 6.45) is -33.2. The molecule has 0 spiro atoms. The van der Waals surface area contributed by atoms with E-state index in [1.54, 1.807) is 30.3 Å². The predicted molar refractivity (Wildman–Crippen MR) is 266 cm³/mol. The Morgan fingerprint density at radius 3 is 1.24 bits per heavy atom. The zero-order valence-corrected chi connectivity index (χ0v) is 44.4. The number of carbonyl (C=O) groups is 2. The minimum atomic E-state index is -5.17. The zero-order valence-electron chi connectivity index (χ0n) is 42.8. The molecule has 4 aliphatic rings. The van der Waals surface area contributed by atoms with Crippen molar-refractivity contribution in [3.63, 3.8) is 0 Å². The van der Waals surface area contributed by atoms with Crippen LogP contribution in [0.4, 0.5) is 88.6 Å². The number of cyclic esters (lactones) is 2. The number of ether oxygens (including phenoxy) is 2. The summed E-state index contributed by atoms with van der Waals surface area (Å²) < 4.78 is 293. The molecule has 4 aliphatic heterocycles. The summed E-state index contributed by atoms with van der Waals surface area (Å²) in [6, 6.07) is 16.3. The molecular weight excluding hydrogens is 1220 g/mol. The van der Waals surface area contributed by atoms with Crippen molar-refractivity contribution in [1.82, 2.24) is 9.80 Å². The molecule has 9 nitrogen and oxygen atoms in total. The first-order valence-corrected chi connectivity index (χ1v) is 27.1. The third kappa shape index (κ3) is 12.4. The molecule has 2 saturated heterocycles. The number of hydrogen-bond donors (Lipinski definition) is 0. The van der Waals surface area contributed by atoms with Gasteiger partial charge >= 0.3 is 49.2 Å². The van der Waals surface area contributed by atoms with Crippen LogP contribution >= 0.6 is 0 Å². The molecule has 0 saturated carbocycles. The van der Waals surface area contributed by atoms with E-state index in [0.717, 1.165) is 34.1 Å². The molecule has 1 unspecified atom stereocenters. The molecule has 5 atom stereocenters. The van der Waals surface area contributed by atoms with Crippen molar-refractivity contribution in [2.24, 2.45) is 0 Å². The highest BCUT2D eigenvalue weighted by molar-refractivity contribution is 8.01. The Kier molecular flexibility index (Phi) is 15.7. The van der Waals surface area contributed by atoms with Crippen LogP contribution in [-0.4, -0.2) is 46.7 Å². The van der Waals surface area contributed by atoms with Crippen molar-refractivity contribution >= 4 is 54.8 Å². The minimum Gasteiger partial charge on any atom is -0.439 e. The van der Waals surface area contributed by atoms with Gasteiger partial charge in [-0.15, -0.1) is 0 Å². The number of amides is 2. The number of carbonyl (C=O) groups excluding carboxylic acids is 2. The summed E-state index contributed by atoms with van der Waals surface area (Å²) in [7, 11) is -5.96.